The van der Waals surface area contributed by atoms with Gasteiger partial charge in [-0.3, -0.25) is 0 Å². The minimum atomic E-state index is 0.577. The number of benzene rings is 2. The predicted molar refractivity (Wildman–Crippen MR) is 93.6 cm³/mol. The smallest absolute Gasteiger partial charge is 0.178 e. The maximum atomic E-state index is 5.52. The van der Waals surface area contributed by atoms with Crippen molar-refractivity contribution >= 4 is 0 Å². The van der Waals surface area contributed by atoms with Crippen molar-refractivity contribution in [2.45, 2.75) is 0 Å². The highest BCUT2D eigenvalue weighted by Crippen LogP contribution is 2.43. The second kappa shape index (κ2) is 7.17. The molecule has 1 aromatic heterocycles. The molecule has 6 heteroatoms. The molecule has 0 spiro atoms. The molecule has 0 fully saturated rings. The van der Waals surface area contributed by atoms with Crippen LogP contribution >= 0.6 is 0 Å². The Morgan fingerprint density at radius 3 is 1.96 bits per heavy atom. The summed E-state index contributed by atoms with van der Waals surface area (Å²) in [5.41, 5.74) is 2.52. The summed E-state index contributed by atoms with van der Waals surface area (Å²) in [6, 6.07) is 11.2. The number of aromatic nitrogens is 1. The van der Waals surface area contributed by atoms with E-state index in [-0.39, 0.29) is 0 Å². The van der Waals surface area contributed by atoms with Crippen molar-refractivity contribution in [1.82, 2.24) is 5.16 Å². The molecule has 6 nitrogen and oxygen atoms in total. The van der Waals surface area contributed by atoms with Gasteiger partial charge >= 0.3 is 0 Å². The van der Waals surface area contributed by atoms with Crippen molar-refractivity contribution in [1.29, 1.82) is 0 Å². The van der Waals surface area contributed by atoms with E-state index in [0.29, 0.717) is 23.0 Å². The summed E-state index contributed by atoms with van der Waals surface area (Å²) in [4.78, 5) is 0. The van der Waals surface area contributed by atoms with Crippen LogP contribution in [0.1, 0.15) is 0 Å². The third kappa shape index (κ3) is 3.10. The molecule has 0 atom stereocenters. The van der Waals surface area contributed by atoms with E-state index in [0.717, 1.165) is 22.4 Å². The van der Waals surface area contributed by atoms with Gasteiger partial charge in [0.2, 0.25) is 0 Å². The highest BCUT2D eigenvalue weighted by Gasteiger charge is 2.20. The lowest BCUT2D eigenvalue weighted by atomic mass is 10.0. The van der Waals surface area contributed by atoms with E-state index in [4.69, 9.17) is 23.5 Å². The fourth-order valence-corrected chi connectivity index (χ4v) is 2.62. The number of ether oxygens (including phenoxy) is 4. The van der Waals surface area contributed by atoms with Crippen LogP contribution in [0.25, 0.3) is 22.5 Å². The molecule has 0 unspecified atom stereocenters. The van der Waals surface area contributed by atoms with Gasteiger partial charge < -0.3 is 23.5 Å². The van der Waals surface area contributed by atoms with Gasteiger partial charge in [0.05, 0.1) is 40.2 Å². The predicted octanol–water partition coefficient (Wildman–Crippen LogP) is 4.04. The molecular weight excluding hydrogens is 322 g/mol. The summed E-state index contributed by atoms with van der Waals surface area (Å²) >= 11 is 0. The number of nitrogens with zero attached hydrogens (tertiary/aromatic N) is 1. The fourth-order valence-electron chi connectivity index (χ4n) is 2.62. The van der Waals surface area contributed by atoms with Gasteiger partial charge in [-0.25, -0.2) is 0 Å². The lowest BCUT2D eigenvalue weighted by Gasteiger charge is -2.13. The molecule has 0 aliphatic rings. The number of methoxy groups -OCH3 is 4. The third-order valence-electron chi connectivity index (χ3n) is 3.92. The minimum Gasteiger partial charge on any atom is -0.497 e. The highest BCUT2D eigenvalue weighted by molar-refractivity contribution is 5.83. The fraction of sp³-hybridized carbons (Fsp3) is 0.211. The first-order valence-corrected chi connectivity index (χ1v) is 7.61. The van der Waals surface area contributed by atoms with Gasteiger partial charge in [0.25, 0.3) is 0 Å². The first kappa shape index (κ1) is 16.7. The van der Waals surface area contributed by atoms with Gasteiger partial charge in [-0.15, -0.1) is 0 Å². The van der Waals surface area contributed by atoms with Gasteiger partial charge in [0, 0.05) is 11.6 Å². The Kier molecular flexibility index (Phi) is 4.79. The van der Waals surface area contributed by atoms with E-state index in [2.05, 4.69) is 5.16 Å². The summed E-state index contributed by atoms with van der Waals surface area (Å²) in [6.07, 6.45) is 1.67. The largest absolute Gasteiger partial charge is 0.497 e. The van der Waals surface area contributed by atoms with E-state index >= 15 is 0 Å². The van der Waals surface area contributed by atoms with Crippen LogP contribution in [0, 0.1) is 0 Å². The summed E-state index contributed by atoms with van der Waals surface area (Å²) in [5.74, 6) is 3.13. The zero-order valence-corrected chi connectivity index (χ0v) is 14.5. The monoisotopic (exact) mass is 341 g/mol. The molecule has 0 N–H and O–H groups in total. The lowest BCUT2D eigenvalue weighted by molar-refractivity contribution is 0.348. The molecule has 0 saturated carbocycles. The van der Waals surface area contributed by atoms with E-state index < -0.39 is 0 Å². The molecule has 1 heterocycles. The molecule has 0 bridgehead atoms. The zero-order chi connectivity index (χ0) is 17.8. The average molecular weight is 341 g/mol. The first-order valence-electron chi connectivity index (χ1n) is 7.61. The Hall–Kier alpha value is -3.15. The molecule has 0 aliphatic carbocycles. The average Bonchev–Trinajstić information content (AvgIpc) is 3.16. The topological polar surface area (TPSA) is 63.0 Å². The number of hydrogen-bond acceptors (Lipinski definition) is 6. The van der Waals surface area contributed by atoms with E-state index in [1.807, 2.05) is 30.3 Å². The van der Waals surface area contributed by atoms with E-state index in [9.17, 15) is 0 Å². The Morgan fingerprint density at radius 1 is 0.720 bits per heavy atom. The standard InChI is InChI=1S/C19H19NO5/c1-21-13-7-5-12(6-8-13)15-11-20-25-19(15)14-9-17(23-3)18(24-4)10-16(14)22-2/h5-11H,1-4H3. The van der Waals surface area contributed by atoms with Crippen LogP contribution in [0.4, 0.5) is 0 Å². The van der Waals surface area contributed by atoms with Crippen molar-refractivity contribution in [3.8, 4) is 45.4 Å². The molecular formula is C19H19NO5. The van der Waals surface area contributed by atoms with Crippen molar-refractivity contribution in [3.05, 3.63) is 42.6 Å². The summed E-state index contributed by atoms with van der Waals surface area (Å²) in [6.45, 7) is 0. The first-order chi connectivity index (χ1) is 12.2. The van der Waals surface area contributed by atoms with E-state index in [1.165, 1.54) is 0 Å². The van der Waals surface area contributed by atoms with Gasteiger partial charge in [-0.1, -0.05) is 17.3 Å². The van der Waals surface area contributed by atoms with Crippen molar-refractivity contribution in [3.63, 3.8) is 0 Å². The maximum absolute atomic E-state index is 5.52. The SMILES string of the molecule is COc1ccc(-c2cnoc2-c2cc(OC)c(OC)cc2OC)cc1. The summed E-state index contributed by atoms with van der Waals surface area (Å²) in [7, 11) is 6.38. The molecule has 0 aliphatic heterocycles. The molecule has 0 radical (unpaired) electrons. The summed E-state index contributed by atoms with van der Waals surface area (Å²) < 4.78 is 26.9. The normalized spacial score (nSPS) is 10.4. The number of rotatable bonds is 6. The Bertz CT molecular complexity index is 855. The Balaban J connectivity index is 2.13. The van der Waals surface area contributed by atoms with Crippen molar-refractivity contribution in [2.75, 3.05) is 28.4 Å². The van der Waals surface area contributed by atoms with Crippen molar-refractivity contribution in [2.24, 2.45) is 0 Å². The maximum Gasteiger partial charge on any atom is 0.178 e. The van der Waals surface area contributed by atoms with Crippen LogP contribution in [-0.2, 0) is 0 Å². The van der Waals surface area contributed by atoms with Gasteiger partial charge in [-0.05, 0) is 23.8 Å². The molecule has 2 aromatic carbocycles. The Morgan fingerprint density at radius 2 is 1.36 bits per heavy atom. The summed E-state index contributed by atoms with van der Waals surface area (Å²) in [5, 5.41) is 3.96. The van der Waals surface area contributed by atoms with Crippen LogP contribution < -0.4 is 18.9 Å². The lowest BCUT2D eigenvalue weighted by Crippen LogP contribution is -1.95. The third-order valence-corrected chi connectivity index (χ3v) is 3.92. The molecule has 0 amide bonds. The van der Waals surface area contributed by atoms with Crippen LogP contribution in [0.15, 0.2) is 47.1 Å². The van der Waals surface area contributed by atoms with Crippen molar-refractivity contribution < 1.29 is 23.5 Å². The van der Waals surface area contributed by atoms with Crippen LogP contribution in [-0.4, -0.2) is 33.6 Å². The molecule has 3 rings (SSSR count). The zero-order valence-electron chi connectivity index (χ0n) is 14.5. The quantitative estimate of drug-likeness (QED) is 0.674. The second-order valence-corrected chi connectivity index (χ2v) is 5.20. The molecule has 130 valence electrons. The van der Waals surface area contributed by atoms with Gasteiger partial charge in [0.15, 0.2) is 17.3 Å². The minimum absolute atomic E-state index is 0.577. The molecule has 0 saturated heterocycles. The van der Waals surface area contributed by atoms with E-state index in [1.54, 1.807) is 40.7 Å². The molecule has 25 heavy (non-hydrogen) atoms. The van der Waals surface area contributed by atoms with Gasteiger partial charge in [0.1, 0.15) is 11.5 Å². The van der Waals surface area contributed by atoms with Crippen LogP contribution in [0.2, 0.25) is 0 Å². The van der Waals surface area contributed by atoms with Gasteiger partial charge in [-0.2, -0.15) is 0 Å². The molecule has 3 aromatic rings. The Labute approximate surface area is 145 Å². The highest BCUT2D eigenvalue weighted by atomic mass is 16.5. The van der Waals surface area contributed by atoms with Crippen LogP contribution in [0.5, 0.6) is 23.0 Å². The van der Waals surface area contributed by atoms with Crippen LogP contribution in [0.3, 0.4) is 0 Å². The second-order valence-electron chi connectivity index (χ2n) is 5.20. The number of hydrogen-bond donors (Lipinski definition) is 0.